The van der Waals surface area contributed by atoms with E-state index >= 15 is 0 Å². The molecule has 0 amide bonds. The number of nitrogens with zero attached hydrogens (tertiary/aromatic N) is 1. The summed E-state index contributed by atoms with van der Waals surface area (Å²) in [6.45, 7) is 0. The Labute approximate surface area is 49.6 Å². The number of thiol groups is 1. The van der Waals surface area contributed by atoms with E-state index in [-0.39, 0.29) is 15.8 Å². The first-order valence-corrected chi connectivity index (χ1v) is 2.55. The molecule has 5 heteroatoms. The first kappa shape index (κ1) is 6.26. The molecule has 0 aromatic rings. The molecule has 2 nitrogen and oxygen atoms in total. The fourth-order valence-corrected chi connectivity index (χ4v) is 0.287. The third-order valence-electron chi connectivity index (χ3n) is 0.115. The smallest absolute Gasteiger partial charge is 0.191 e. The average molecular weight is 139 g/mol. The quantitative estimate of drug-likeness (QED) is 0.393. The van der Waals surface area contributed by atoms with Gasteiger partial charge < -0.3 is 0 Å². The first-order valence-electron chi connectivity index (χ1n) is 1.00. The van der Waals surface area contributed by atoms with Gasteiger partial charge in [-0.2, -0.15) is 4.21 Å². The molecule has 0 aromatic heterocycles. The summed E-state index contributed by atoms with van der Waals surface area (Å²) in [4.78, 5) is 0. The van der Waals surface area contributed by atoms with Crippen molar-refractivity contribution in [3.63, 3.8) is 0 Å². The molecule has 0 radical (unpaired) electrons. The van der Waals surface area contributed by atoms with Crippen molar-refractivity contribution in [2.45, 2.75) is 0 Å². The maximum Gasteiger partial charge on any atom is 0.206 e. The van der Waals surface area contributed by atoms with E-state index in [9.17, 15) is 4.21 Å². The van der Waals surface area contributed by atoms with E-state index in [1.165, 1.54) is 0 Å². The van der Waals surface area contributed by atoms with Crippen LogP contribution in [0.4, 0.5) is 0 Å². The molecule has 0 N–H and O–H groups in total. The Morgan fingerprint density at radius 3 is 2.50 bits per heavy atom. The van der Waals surface area contributed by atoms with Gasteiger partial charge in [0.15, 0.2) is 4.32 Å². The molecule has 0 saturated heterocycles. The fourth-order valence-electron chi connectivity index (χ4n) is 0.0319. The summed E-state index contributed by atoms with van der Waals surface area (Å²) in [6.07, 6.45) is 0. The largest absolute Gasteiger partial charge is 0.206 e. The molecule has 0 heterocycles. The van der Waals surface area contributed by atoms with E-state index in [1.807, 2.05) is 0 Å². The molecule has 6 heavy (non-hydrogen) atoms. The molecule has 0 fully saturated rings. The predicted molar refractivity (Wildman–Crippen MR) is 32.2 cm³/mol. The Kier molecular flexibility index (Phi) is 3.60. The molecule has 0 bridgehead atoms. The summed E-state index contributed by atoms with van der Waals surface area (Å²) in [6, 6.07) is 0. The van der Waals surface area contributed by atoms with Crippen LogP contribution in [0.25, 0.3) is 0 Å². The van der Waals surface area contributed by atoms with Crippen molar-refractivity contribution in [2.24, 2.45) is 4.36 Å². The van der Waals surface area contributed by atoms with Crippen molar-refractivity contribution < 1.29 is 4.21 Å². The lowest BCUT2D eigenvalue weighted by atomic mass is 11.5. The maximum atomic E-state index is 9.35. The molecule has 0 aromatic carbocycles. The van der Waals surface area contributed by atoms with Crippen LogP contribution in [0.3, 0.4) is 0 Å². The Bertz CT molecular complexity index is 103. The Balaban J connectivity index is 3.60. The molecule has 0 rings (SSSR count). The van der Waals surface area contributed by atoms with Gasteiger partial charge in [0, 0.05) is 0 Å². The highest BCUT2D eigenvalue weighted by Gasteiger charge is 1.71. The van der Waals surface area contributed by atoms with Crippen molar-refractivity contribution in [3.8, 4) is 0 Å². The van der Waals surface area contributed by atoms with Gasteiger partial charge in [0.25, 0.3) is 0 Å². The predicted octanol–water partition coefficient (Wildman–Crippen LogP) is 0.598. The summed E-state index contributed by atoms with van der Waals surface area (Å²) < 4.78 is 12.5. The Morgan fingerprint density at radius 1 is 2.00 bits per heavy atom. The van der Waals surface area contributed by atoms with Gasteiger partial charge in [-0.1, -0.05) is 0 Å². The fraction of sp³-hybridized carbons (Fsp3) is 0. The lowest BCUT2D eigenvalue weighted by Crippen LogP contribution is -1.64. The van der Waals surface area contributed by atoms with E-state index in [4.69, 9.17) is 0 Å². The summed E-state index contributed by atoms with van der Waals surface area (Å²) in [5, 5.41) is 0. The van der Waals surface area contributed by atoms with Gasteiger partial charge in [-0.05, 0) is 12.2 Å². The monoisotopic (exact) mass is 139 g/mol. The molecule has 0 aliphatic carbocycles. The summed E-state index contributed by atoms with van der Waals surface area (Å²) in [5.74, 6) is 0. The van der Waals surface area contributed by atoms with Crippen LogP contribution in [-0.4, -0.2) is 8.53 Å². The average Bonchev–Trinajstić information content (AvgIpc) is 1.35. The van der Waals surface area contributed by atoms with E-state index in [1.54, 1.807) is 0 Å². The van der Waals surface area contributed by atoms with E-state index in [0.29, 0.717) is 0 Å². The summed E-state index contributed by atoms with van der Waals surface area (Å²) in [7, 11) is 0. The van der Waals surface area contributed by atoms with Crippen molar-refractivity contribution >= 4 is 40.6 Å². The second-order valence-electron chi connectivity index (χ2n) is 0.448. The lowest BCUT2D eigenvalue weighted by Gasteiger charge is -1.64. The third kappa shape index (κ3) is 4.26. The standard InChI is InChI=1S/CHNOS3/c3-6-2-1(4)5/h(H,4,5). The summed E-state index contributed by atoms with van der Waals surface area (Å²) >= 11 is 7.86. The molecule has 0 unspecified atom stereocenters. The SMILES string of the molecule is O=S=NC(=S)S. The molecule has 34 valence electrons. The number of hydrogen-bond donors (Lipinski definition) is 1. The zero-order chi connectivity index (χ0) is 4.99. The highest BCUT2D eigenvalue weighted by Crippen LogP contribution is 1.80. The number of thiocarbonyl (C=S) groups is 1. The van der Waals surface area contributed by atoms with E-state index < -0.39 is 0 Å². The van der Waals surface area contributed by atoms with E-state index in [0.717, 1.165) is 0 Å². The lowest BCUT2D eigenvalue weighted by molar-refractivity contribution is 0.698. The van der Waals surface area contributed by atoms with Gasteiger partial charge in [0.1, 0.15) is 0 Å². The van der Waals surface area contributed by atoms with Crippen LogP contribution in [0, 0.1) is 0 Å². The molecule has 0 aliphatic rings. The van der Waals surface area contributed by atoms with Crippen molar-refractivity contribution in [3.05, 3.63) is 0 Å². The zero-order valence-electron chi connectivity index (χ0n) is 2.62. The Morgan fingerprint density at radius 2 is 2.50 bits per heavy atom. The van der Waals surface area contributed by atoms with Crippen molar-refractivity contribution in [2.75, 3.05) is 0 Å². The van der Waals surface area contributed by atoms with Crippen LogP contribution >= 0.6 is 24.8 Å². The van der Waals surface area contributed by atoms with Gasteiger partial charge in [-0.3, -0.25) is 0 Å². The van der Waals surface area contributed by atoms with E-state index in [2.05, 4.69) is 29.2 Å². The van der Waals surface area contributed by atoms with Crippen LogP contribution in [-0.2, 0) is 11.5 Å². The second-order valence-corrected chi connectivity index (χ2v) is 1.89. The van der Waals surface area contributed by atoms with Gasteiger partial charge in [0.2, 0.25) is 11.5 Å². The highest BCUT2D eigenvalue weighted by atomic mass is 32.1. The van der Waals surface area contributed by atoms with Gasteiger partial charge in [-0.25, -0.2) is 0 Å². The topological polar surface area (TPSA) is 29.4 Å². The van der Waals surface area contributed by atoms with Gasteiger partial charge in [-0.15, -0.1) is 17.0 Å². The van der Waals surface area contributed by atoms with Gasteiger partial charge in [0.05, 0.1) is 0 Å². The highest BCUT2D eigenvalue weighted by molar-refractivity contribution is 8.11. The van der Waals surface area contributed by atoms with Crippen molar-refractivity contribution in [1.82, 2.24) is 0 Å². The molecule has 0 aliphatic heterocycles. The number of hydrogen-bond acceptors (Lipinski definition) is 2. The Hall–Kier alpha value is 0.260. The minimum absolute atomic E-state index is 0.0671. The molecule has 0 atom stereocenters. The third-order valence-corrected chi connectivity index (χ3v) is 0.815. The minimum atomic E-state index is 0.0671. The zero-order valence-corrected chi connectivity index (χ0v) is 5.15. The maximum absolute atomic E-state index is 9.35. The van der Waals surface area contributed by atoms with Crippen molar-refractivity contribution in [1.29, 1.82) is 0 Å². The normalized spacial score (nSPS) is 6.83. The van der Waals surface area contributed by atoms with Crippen LogP contribution in [0.5, 0.6) is 0 Å². The molecular formula is CHNOS3. The first-order chi connectivity index (χ1) is 2.77. The van der Waals surface area contributed by atoms with Crippen LogP contribution in [0.1, 0.15) is 0 Å². The van der Waals surface area contributed by atoms with Crippen LogP contribution in [0.15, 0.2) is 4.36 Å². The number of rotatable bonds is 0. The van der Waals surface area contributed by atoms with Crippen LogP contribution in [0.2, 0.25) is 0 Å². The summed E-state index contributed by atoms with van der Waals surface area (Å²) in [5.41, 5.74) is 0. The molecule has 0 spiro atoms. The second kappa shape index (κ2) is 3.45. The molecular weight excluding hydrogens is 138 g/mol. The molecule has 0 saturated carbocycles. The van der Waals surface area contributed by atoms with Gasteiger partial charge >= 0.3 is 0 Å². The van der Waals surface area contributed by atoms with Crippen LogP contribution < -0.4 is 0 Å². The minimum Gasteiger partial charge on any atom is -0.191 e.